The first-order chi connectivity index (χ1) is 10.9. The third kappa shape index (κ3) is 3.68. The Morgan fingerprint density at radius 2 is 2.04 bits per heavy atom. The van der Waals surface area contributed by atoms with E-state index >= 15 is 0 Å². The fourth-order valence-corrected chi connectivity index (χ4v) is 3.87. The van der Waals surface area contributed by atoms with Crippen molar-refractivity contribution in [2.24, 2.45) is 0 Å². The molecule has 23 heavy (non-hydrogen) atoms. The molecule has 0 N–H and O–H groups in total. The molecule has 0 aliphatic rings. The summed E-state index contributed by atoms with van der Waals surface area (Å²) in [7, 11) is -3.83. The van der Waals surface area contributed by atoms with Gasteiger partial charge in [-0.15, -0.1) is 0 Å². The Morgan fingerprint density at radius 3 is 2.70 bits per heavy atom. The van der Waals surface area contributed by atoms with Crippen molar-refractivity contribution in [3.63, 3.8) is 0 Å². The van der Waals surface area contributed by atoms with Crippen molar-refractivity contribution in [3.8, 4) is 0 Å². The van der Waals surface area contributed by atoms with E-state index < -0.39 is 16.0 Å². The third-order valence-electron chi connectivity index (χ3n) is 3.39. The highest BCUT2D eigenvalue weighted by Crippen LogP contribution is 2.24. The van der Waals surface area contributed by atoms with E-state index in [4.69, 9.17) is 4.74 Å². The number of aryl methyl sites for hydroxylation is 1. The molecule has 0 aliphatic heterocycles. The summed E-state index contributed by atoms with van der Waals surface area (Å²) >= 11 is 0. The standard InChI is InChI=1S/C16H20N2O4S/c1-4-18(11-15(19)22-5-2)23(20,21)14-8-6-7-13-9-12(3)10-17-16(13)14/h6-10H,4-5,11H2,1-3H3. The van der Waals surface area contributed by atoms with Gasteiger partial charge in [-0.1, -0.05) is 19.1 Å². The van der Waals surface area contributed by atoms with Crippen LogP contribution in [0.25, 0.3) is 10.9 Å². The molecule has 6 nitrogen and oxygen atoms in total. The number of hydrogen-bond donors (Lipinski definition) is 0. The second kappa shape index (κ2) is 7.06. The number of nitrogens with zero attached hydrogens (tertiary/aromatic N) is 2. The fraction of sp³-hybridized carbons (Fsp3) is 0.375. The molecule has 7 heteroatoms. The average molecular weight is 336 g/mol. The molecule has 124 valence electrons. The molecule has 0 saturated heterocycles. The number of hydrogen-bond acceptors (Lipinski definition) is 5. The highest BCUT2D eigenvalue weighted by Gasteiger charge is 2.27. The van der Waals surface area contributed by atoms with Gasteiger partial charge in [-0.25, -0.2) is 8.42 Å². The highest BCUT2D eigenvalue weighted by molar-refractivity contribution is 7.89. The van der Waals surface area contributed by atoms with Crippen molar-refractivity contribution in [3.05, 3.63) is 36.0 Å². The number of ether oxygens (including phenoxy) is 1. The van der Waals surface area contributed by atoms with Crippen molar-refractivity contribution in [2.45, 2.75) is 25.7 Å². The molecule has 1 heterocycles. The fourth-order valence-electron chi connectivity index (χ4n) is 2.31. The van der Waals surface area contributed by atoms with Gasteiger partial charge in [0, 0.05) is 18.1 Å². The first-order valence-corrected chi connectivity index (χ1v) is 8.85. The topological polar surface area (TPSA) is 76.6 Å². The first kappa shape index (κ1) is 17.4. The van der Waals surface area contributed by atoms with E-state index in [1.54, 1.807) is 26.1 Å². The monoisotopic (exact) mass is 336 g/mol. The molecule has 0 amide bonds. The van der Waals surface area contributed by atoms with E-state index in [0.29, 0.717) is 5.52 Å². The van der Waals surface area contributed by atoms with Gasteiger partial charge in [-0.2, -0.15) is 4.31 Å². The number of likely N-dealkylation sites (N-methyl/N-ethyl adjacent to an activating group) is 1. The number of para-hydroxylation sites is 1. The number of fused-ring (bicyclic) bond motifs is 1. The van der Waals surface area contributed by atoms with Crippen LogP contribution in [0.3, 0.4) is 0 Å². The van der Waals surface area contributed by atoms with Gasteiger partial charge in [0.25, 0.3) is 0 Å². The van der Waals surface area contributed by atoms with Crippen molar-refractivity contribution in [2.75, 3.05) is 19.7 Å². The lowest BCUT2D eigenvalue weighted by Crippen LogP contribution is -2.36. The van der Waals surface area contributed by atoms with Crippen molar-refractivity contribution in [1.82, 2.24) is 9.29 Å². The number of rotatable bonds is 6. The van der Waals surface area contributed by atoms with E-state index in [1.165, 1.54) is 6.07 Å². The van der Waals surface area contributed by atoms with Crippen LogP contribution in [0.1, 0.15) is 19.4 Å². The number of aromatic nitrogens is 1. The van der Waals surface area contributed by atoms with Gasteiger partial charge >= 0.3 is 5.97 Å². The third-order valence-corrected chi connectivity index (χ3v) is 5.34. The smallest absolute Gasteiger partial charge is 0.321 e. The van der Waals surface area contributed by atoms with Crippen molar-refractivity contribution < 1.29 is 17.9 Å². The lowest BCUT2D eigenvalue weighted by Gasteiger charge is -2.20. The number of carbonyl (C=O) groups is 1. The molecule has 0 aliphatic carbocycles. The Kier molecular flexibility index (Phi) is 5.33. The largest absolute Gasteiger partial charge is 0.465 e. The summed E-state index contributed by atoms with van der Waals surface area (Å²) in [6.07, 6.45) is 1.63. The van der Waals surface area contributed by atoms with Gasteiger partial charge in [0.15, 0.2) is 0 Å². The highest BCUT2D eigenvalue weighted by atomic mass is 32.2. The molecule has 2 rings (SSSR count). The van der Waals surface area contributed by atoms with Crippen LogP contribution in [-0.4, -0.2) is 43.4 Å². The van der Waals surface area contributed by atoms with Crippen LogP contribution < -0.4 is 0 Å². The van der Waals surface area contributed by atoms with Crippen LogP contribution in [-0.2, 0) is 19.6 Å². The van der Waals surface area contributed by atoms with Gasteiger partial charge < -0.3 is 4.74 Å². The maximum Gasteiger partial charge on any atom is 0.321 e. The summed E-state index contributed by atoms with van der Waals surface area (Å²) < 4.78 is 31.7. The molecule has 0 atom stereocenters. The maximum atomic E-state index is 12.9. The van der Waals surface area contributed by atoms with Gasteiger partial charge in [0.2, 0.25) is 10.0 Å². The molecule has 0 bridgehead atoms. The average Bonchev–Trinajstić information content (AvgIpc) is 2.51. The lowest BCUT2D eigenvalue weighted by molar-refractivity contribution is -0.143. The molecule has 1 aromatic carbocycles. The predicted molar refractivity (Wildman–Crippen MR) is 87.5 cm³/mol. The first-order valence-electron chi connectivity index (χ1n) is 7.41. The minimum atomic E-state index is -3.83. The van der Waals surface area contributed by atoms with Crippen LogP contribution in [0, 0.1) is 6.92 Å². The number of sulfonamides is 1. The Morgan fingerprint density at radius 1 is 1.30 bits per heavy atom. The van der Waals surface area contributed by atoms with E-state index in [1.807, 2.05) is 19.1 Å². The van der Waals surface area contributed by atoms with Gasteiger partial charge in [-0.05, 0) is 31.5 Å². The Bertz CT molecular complexity index is 818. The molecule has 2 aromatic rings. The normalized spacial score (nSPS) is 11.8. The second-order valence-electron chi connectivity index (χ2n) is 5.08. The van der Waals surface area contributed by atoms with Crippen molar-refractivity contribution in [1.29, 1.82) is 0 Å². The summed E-state index contributed by atoms with van der Waals surface area (Å²) in [5.74, 6) is -0.568. The molecule has 1 aromatic heterocycles. The number of benzene rings is 1. The van der Waals surface area contributed by atoms with Crippen LogP contribution in [0.4, 0.5) is 0 Å². The minimum Gasteiger partial charge on any atom is -0.465 e. The quantitative estimate of drug-likeness (QED) is 0.755. The van der Waals surface area contributed by atoms with Crippen LogP contribution in [0.2, 0.25) is 0 Å². The predicted octanol–water partition coefficient (Wildman–Crippen LogP) is 2.12. The van der Waals surface area contributed by atoms with Gasteiger partial charge in [0.05, 0.1) is 12.1 Å². The van der Waals surface area contributed by atoms with Crippen LogP contribution in [0.15, 0.2) is 35.4 Å². The van der Waals surface area contributed by atoms with E-state index in [0.717, 1.165) is 15.3 Å². The molecule has 0 unspecified atom stereocenters. The summed E-state index contributed by atoms with van der Waals surface area (Å²) in [4.78, 5) is 16.0. The SMILES string of the molecule is CCOC(=O)CN(CC)S(=O)(=O)c1cccc2cc(C)cnc12. The summed E-state index contributed by atoms with van der Waals surface area (Å²) in [5, 5.41) is 0.748. The van der Waals surface area contributed by atoms with E-state index in [9.17, 15) is 13.2 Å². The second-order valence-corrected chi connectivity index (χ2v) is 6.98. The van der Waals surface area contributed by atoms with Crippen LogP contribution in [0.5, 0.6) is 0 Å². The molecule has 0 saturated carbocycles. The number of esters is 1. The van der Waals surface area contributed by atoms with Crippen molar-refractivity contribution >= 4 is 26.9 Å². The maximum absolute atomic E-state index is 12.9. The lowest BCUT2D eigenvalue weighted by atomic mass is 10.2. The molecular formula is C16H20N2O4S. The van der Waals surface area contributed by atoms with Gasteiger partial charge in [0.1, 0.15) is 11.4 Å². The van der Waals surface area contributed by atoms with Gasteiger partial charge in [-0.3, -0.25) is 9.78 Å². The molecule has 0 spiro atoms. The Labute approximate surface area is 136 Å². The zero-order valence-corrected chi connectivity index (χ0v) is 14.3. The zero-order valence-electron chi connectivity index (χ0n) is 13.4. The molecular weight excluding hydrogens is 316 g/mol. The molecule has 0 fully saturated rings. The molecule has 0 radical (unpaired) electrons. The number of carbonyl (C=O) groups excluding carboxylic acids is 1. The Hall–Kier alpha value is -1.99. The van der Waals surface area contributed by atoms with E-state index in [-0.39, 0.29) is 24.6 Å². The summed E-state index contributed by atoms with van der Waals surface area (Å²) in [5.41, 5.74) is 1.35. The summed E-state index contributed by atoms with van der Waals surface area (Å²) in [6.45, 7) is 5.33. The van der Waals surface area contributed by atoms with E-state index in [2.05, 4.69) is 4.98 Å². The summed E-state index contributed by atoms with van der Waals surface area (Å²) in [6, 6.07) is 6.88. The van der Waals surface area contributed by atoms with Crippen LogP contribution >= 0.6 is 0 Å². The Balaban J connectivity index is 2.48. The zero-order chi connectivity index (χ0) is 17.0. The minimum absolute atomic E-state index is 0.0983. The number of pyridine rings is 1.